The predicted molar refractivity (Wildman–Crippen MR) is 173 cm³/mol. The Kier molecular flexibility index (Phi) is 8.28. The lowest BCUT2D eigenvalue weighted by atomic mass is 10.1. The van der Waals surface area contributed by atoms with Crippen LogP contribution >= 0.6 is 11.6 Å². The summed E-state index contributed by atoms with van der Waals surface area (Å²) in [6.07, 6.45) is 2.92. The lowest BCUT2D eigenvalue weighted by Crippen LogP contribution is -2.30. The van der Waals surface area contributed by atoms with E-state index >= 15 is 8.78 Å². The molecular weight excluding hydrogens is 636 g/mol. The molecule has 0 aliphatic heterocycles. The number of benzene rings is 3. The molecule has 0 aliphatic rings. The maximum Gasteiger partial charge on any atom is 0.263 e. The molecule has 0 bridgehead atoms. The zero-order chi connectivity index (χ0) is 32.6. The van der Waals surface area contributed by atoms with Crippen LogP contribution < -0.4 is 10.0 Å². The third-order valence-electron chi connectivity index (χ3n) is 7.41. The van der Waals surface area contributed by atoms with Gasteiger partial charge >= 0.3 is 0 Å². The van der Waals surface area contributed by atoms with Gasteiger partial charge in [-0.1, -0.05) is 41.9 Å². The summed E-state index contributed by atoms with van der Waals surface area (Å²) in [4.78, 5) is 27.9. The molecule has 1 amide bonds. The minimum atomic E-state index is -4.31. The number of sulfonamides is 1. The highest BCUT2D eigenvalue weighted by molar-refractivity contribution is 7.92. The van der Waals surface area contributed by atoms with Gasteiger partial charge in [0.1, 0.15) is 34.1 Å². The molecule has 0 saturated carbocycles. The van der Waals surface area contributed by atoms with E-state index in [4.69, 9.17) is 16.6 Å². The average Bonchev–Trinajstić information content (AvgIpc) is 3.44. The molecule has 6 aromatic rings. The molecule has 3 aromatic carbocycles. The second-order valence-corrected chi connectivity index (χ2v) is 12.2. The van der Waals surface area contributed by atoms with Crippen molar-refractivity contribution in [1.29, 1.82) is 0 Å². The Balaban J connectivity index is 1.41. The van der Waals surface area contributed by atoms with Gasteiger partial charge in [-0.2, -0.15) is 0 Å². The van der Waals surface area contributed by atoms with Crippen molar-refractivity contribution < 1.29 is 22.0 Å². The van der Waals surface area contributed by atoms with Gasteiger partial charge in [-0.25, -0.2) is 32.2 Å². The Bertz CT molecular complexity index is 2240. The number of aromatic nitrogens is 4. The number of para-hydroxylation sites is 1. The van der Waals surface area contributed by atoms with Crippen molar-refractivity contribution in [2.45, 2.75) is 18.7 Å². The van der Waals surface area contributed by atoms with Crippen LogP contribution in [-0.4, -0.2) is 51.8 Å². The van der Waals surface area contributed by atoms with Gasteiger partial charge < -0.3 is 14.8 Å². The Morgan fingerprint density at radius 1 is 0.957 bits per heavy atom. The van der Waals surface area contributed by atoms with Crippen LogP contribution in [0.4, 0.5) is 26.0 Å². The third kappa shape index (κ3) is 5.59. The minimum Gasteiger partial charge on any atom is -0.339 e. The number of carbonyl (C=O) groups is 1. The van der Waals surface area contributed by atoms with E-state index in [1.807, 2.05) is 38.1 Å². The van der Waals surface area contributed by atoms with E-state index in [0.717, 1.165) is 23.0 Å². The zero-order valence-electron chi connectivity index (χ0n) is 24.5. The van der Waals surface area contributed by atoms with Gasteiger partial charge in [0.2, 0.25) is 0 Å². The maximum absolute atomic E-state index is 15.7. The van der Waals surface area contributed by atoms with Crippen LogP contribution in [-0.2, 0) is 10.0 Å². The van der Waals surface area contributed by atoms with Gasteiger partial charge in [0.25, 0.3) is 15.9 Å². The number of pyridine rings is 1. The maximum atomic E-state index is 15.7. The standard InChI is InChI=1S/C32H26ClF2N7O3S/c1-3-41(4-2)32(43)20-17-42(25-11-7-5-9-19(20)25)27-16-15-24-30(38-27)31(37-18-36-24)39-29-22(34)13-14-23(28(29)35)40-46(44,45)26-12-8-6-10-21(26)33/h5-18,40H,3-4H2,1-2H3,(H,36,37,39). The zero-order valence-corrected chi connectivity index (χ0v) is 26.1. The molecule has 0 aliphatic carbocycles. The van der Waals surface area contributed by atoms with Crippen molar-refractivity contribution in [2.75, 3.05) is 23.1 Å². The highest BCUT2D eigenvalue weighted by Gasteiger charge is 2.24. The molecular formula is C32H26ClF2N7O3S. The summed E-state index contributed by atoms with van der Waals surface area (Å²) in [5.41, 5.74) is 0.602. The van der Waals surface area contributed by atoms with E-state index < -0.39 is 33.0 Å². The lowest BCUT2D eigenvalue weighted by Gasteiger charge is -2.17. The molecule has 0 atom stereocenters. The molecule has 0 spiro atoms. The summed E-state index contributed by atoms with van der Waals surface area (Å²) in [5, 5.41) is 3.31. The van der Waals surface area contributed by atoms with Crippen LogP contribution in [0.3, 0.4) is 0 Å². The quantitative estimate of drug-likeness (QED) is 0.172. The number of hydrogen-bond acceptors (Lipinski definition) is 7. The fraction of sp³-hybridized carbons (Fsp3) is 0.125. The van der Waals surface area contributed by atoms with E-state index in [-0.39, 0.29) is 27.2 Å². The molecule has 3 heterocycles. The molecule has 234 valence electrons. The van der Waals surface area contributed by atoms with Gasteiger partial charge in [-0.3, -0.25) is 9.52 Å². The van der Waals surface area contributed by atoms with E-state index in [1.54, 1.807) is 33.9 Å². The normalized spacial score (nSPS) is 11.6. The van der Waals surface area contributed by atoms with Crippen LogP contribution in [0.5, 0.6) is 0 Å². The Morgan fingerprint density at radius 3 is 2.46 bits per heavy atom. The van der Waals surface area contributed by atoms with Crippen LogP contribution in [0, 0.1) is 11.6 Å². The van der Waals surface area contributed by atoms with Crippen molar-refractivity contribution in [1.82, 2.24) is 24.4 Å². The van der Waals surface area contributed by atoms with Crippen LogP contribution in [0.25, 0.3) is 27.8 Å². The van der Waals surface area contributed by atoms with Crippen LogP contribution in [0.15, 0.2) is 90.2 Å². The summed E-state index contributed by atoms with van der Waals surface area (Å²) in [5.74, 6) is -1.97. The largest absolute Gasteiger partial charge is 0.339 e. The number of rotatable bonds is 9. The fourth-order valence-corrected chi connectivity index (χ4v) is 6.68. The molecule has 3 aromatic heterocycles. The van der Waals surface area contributed by atoms with Crippen molar-refractivity contribution in [3.8, 4) is 5.82 Å². The summed E-state index contributed by atoms with van der Waals surface area (Å²) >= 11 is 6.04. The fourth-order valence-electron chi connectivity index (χ4n) is 5.10. The summed E-state index contributed by atoms with van der Waals surface area (Å²) < 4.78 is 60.6. The minimum absolute atomic E-state index is 0.0355. The number of nitrogens with zero attached hydrogens (tertiary/aromatic N) is 5. The predicted octanol–water partition coefficient (Wildman–Crippen LogP) is 6.93. The SMILES string of the molecule is CCN(CC)C(=O)c1cn(-c2ccc3ncnc(Nc4c(F)ccc(NS(=O)(=O)c5ccccc5Cl)c4F)c3n2)c2ccccc12. The first kappa shape index (κ1) is 30.9. The number of carbonyl (C=O) groups excluding carboxylic acids is 1. The topological polar surface area (TPSA) is 122 Å². The van der Waals surface area contributed by atoms with Gasteiger partial charge in [0.05, 0.1) is 27.3 Å². The summed E-state index contributed by atoms with van der Waals surface area (Å²) in [7, 11) is -4.31. The number of nitrogens with one attached hydrogen (secondary N) is 2. The number of hydrogen-bond donors (Lipinski definition) is 2. The smallest absolute Gasteiger partial charge is 0.263 e. The molecule has 14 heteroatoms. The Labute approximate surface area is 267 Å². The van der Waals surface area contributed by atoms with E-state index in [9.17, 15) is 13.2 Å². The van der Waals surface area contributed by atoms with Crippen LogP contribution in [0.2, 0.25) is 5.02 Å². The second-order valence-electron chi connectivity index (χ2n) is 10.1. The van der Waals surface area contributed by atoms with Crippen molar-refractivity contribution in [3.05, 3.63) is 108 Å². The first-order valence-corrected chi connectivity index (χ1v) is 16.0. The molecule has 6 rings (SSSR count). The molecule has 0 unspecified atom stereocenters. The van der Waals surface area contributed by atoms with Gasteiger partial charge in [0.15, 0.2) is 11.6 Å². The molecule has 2 N–H and O–H groups in total. The van der Waals surface area contributed by atoms with Gasteiger partial charge in [-0.05, 0) is 56.3 Å². The highest BCUT2D eigenvalue weighted by atomic mass is 35.5. The molecule has 46 heavy (non-hydrogen) atoms. The monoisotopic (exact) mass is 661 g/mol. The van der Waals surface area contributed by atoms with Crippen molar-refractivity contribution >= 4 is 66.7 Å². The first-order valence-electron chi connectivity index (χ1n) is 14.2. The van der Waals surface area contributed by atoms with E-state index in [1.165, 1.54) is 24.5 Å². The Morgan fingerprint density at radius 2 is 1.70 bits per heavy atom. The number of halogens is 3. The number of anilines is 3. The van der Waals surface area contributed by atoms with E-state index in [0.29, 0.717) is 30.0 Å². The van der Waals surface area contributed by atoms with Gasteiger partial charge in [0, 0.05) is 24.7 Å². The summed E-state index contributed by atoms with van der Waals surface area (Å²) in [6, 6.07) is 18.3. The second kappa shape index (κ2) is 12.3. The molecule has 10 nitrogen and oxygen atoms in total. The molecule has 0 fully saturated rings. The first-order chi connectivity index (χ1) is 22.1. The highest BCUT2D eigenvalue weighted by Crippen LogP contribution is 2.33. The van der Waals surface area contributed by atoms with E-state index in [2.05, 4.69) is 20.0 Å². The third-order valence-corrected chi connectivity index (χ3v) is 9.28. The van der Waals surface area contributed by atoms with Crippen molar-refractivity contribution in [2.24, 2.45) is 0 Å². The molecule has 0 radical (unpaired) electrons. The van der Waals surface area contributed by atoms with Crippen LogP contribution in [0.1, 0.15) is 24.2 Å². The number of fused-ring (bicyclic) bond motifs is 2. The number of amides is 1. The lowest BCUT2D eigenvalue weighted by molar-refractivity contribution is 0.0775. The average molecular weight is 662 g/mol. The van der Waals surface area contributed by atoms with Gasteiger partial charge in [-0.15, -0.1) is 0 Å². The van der Waals surface area contributed by atoms with Crippen molar-refractivity contribution in [3.63, 3.8) is 0 Å². The molecule has 0 saturated heterocycles. The Hall–Kier alpha value is -5.14. The summed E-state index contributed by atoms with van der Waals surface area (Å²) in [6.45, 7) is 4.92.